The second-order valence-electron chi connectivity index (χ2n) is 11.2. The summed E-state index contributed by atoms with van der Waals surface area (Å²) in [6.07, 6.45) is 7.77. The van der Waals surface area contributed by atoms with E-state index in [4.69, 9.17) is 9.72 Å². The van der Waals surface area contributed by atoms with E-state index in [1.165, 1.54) is 4.68 Å². The lowest BCUT2D eigenvalue weighted by Gasteiger charge is -2.24. The van der Waals surface area contributed by atoms with Gasteiger partial charge in [-0.3, -0.25) is 13.9 Å². The highest BCUT2D eigenvalue weighted by Crippen LogP contribution is 2.33. The molecule has 1 saturated heterocycles. The van der Waals surface area contributed by atoms with Gasteiger partial charge in [0.1, 0.15) is 28.6 Å². The standard InChI is InChI=1S/C27H35N9O4/c1-16(8-11-37)24-33-22(17-7-10-35(14-17)26(39)40-27(2,3)4)19-13-29-21(15-36(19)24)31-20-6-9-28-23(32-20)18-12-30-34(5)25(18)38/h6,9,12-13,15-17,30,37H,7-8,10-11,14H2,1-5H3,(H,28,31,32)/t16-,17?/m0/s1. The maximum absolute atomic E-state index is 12.7. The minimum atomic E-state index is -0.558. The summed E-state index contributed by atoms with van der Waals surface area (Å²) in [5, 5.41) is 15.6. The number of amides is 1. The van der Waals surface area contributed by atoms with Crippen LogP contribution >= 0.6 is 0 Å². The van der Waals surface area contributed by atoms with Crippen LogP contribution in [0.1, 0.15) is 63.9 Å². The summed E-state index contributed by atoms with van der Waals surface area (Å²) in [4.78, 5) is 45.1. The zero-order chi connectivity index (χ0) is 28.6. The lowest BCUT2D eigenvalue weighted by Crippen LogP contribution is -2.35. The molecule has 1 unspecified atom stereocenters. The number of imidazole rings is 1. The molecule has 5 heterocycles. The molecule has 13 heteroatoms. The molecular weight excluding hydrogens is 514 g/mol. The molecule has 1 aliphatic heterocycles. The Kier molecular flexibility index (Phi) is 7.32. The van der Waals surface area contributed by atoms with Crippen LogP contribution in [-0.4, -0.2) is 75.5 Å². The number of hydrogen-bond donors (Lipinski definition) is 3. The van der Waals surface area contributed by atoms with Gasteiger partial charge >= 0.3 is 6.09 Å². The SMILES string of the molecule is C[C@@H](CCO)c1nc(C2CCN(C(=O)OC(C)(C)C)C2)c2cnc(Nc3ccnc(-c4c[nH]n(C)c4=O)n3)cn12. The molecule has 0 aliphatic carbocycles. The van der Waals surface area contributed by atoms with E-state index in [1.54, 1.807) is 36.6 Å². The van der Waals surface area contributed by atoms with E-state index in [0.29, 0.717) is 42.5 Å². The smallest absolute Gasteiger partial charge is 0.410 e. The number of H-pyrrole nitrogens is 1. The van der Waals surface area contributed by atoms with Gasteiger partial charge in [-0.2, -0.15) is 0 Å². The zero-order valence-electron chi connectivity index (χ0n) is 23.4. The number of fused-ring (bicyclic) bond motifs is 1. The number of aromatic nitrogens is 7. The van der Waals surface area contributed by atoms with E-state index in [-0.39, 0.29) is 30.1 Å². The van der Waals surface area contributed by atoms with Gasteiger partial charge in [0.25, 0.3) is 5.56 Å². The molecular formula is C27H35N9O4. The minimum Gasteiger partial charge on any atom is -0.444 e. The van der Waals surface area contributed by atoms with Crippen molar-refractivity contribution in [1.82, 2.24) is 39.0 Å². The number of aromatic amines is 1. The van der Waals surface area contributed by atoms with Crippen LogP contribution in [0.2, 0.25) is 0 Å². The molecule has 5 rings (SSSR count). The van der Waals surface area contributed by atoms with Gasteiger partial charge in [0.15, 0.2) is 5.82 Å². The Hall–Kier alpha value is -4.26. The van der Waals surface area contributed by atoms with Crippen LogP contribution in [0.25, 0.3) is 16.9 Å². The van der Waals surface area contributed by atoms with Crippen LogP contribution in [0, 0.1) is 0 Å². The molecule has 2 atom stereocenters. The van der Waals surface area contributed by atoms with Crippen molar-refractivity contribution >= 4 is 23.2 Å². The Morgan fingerprint density at radius 2 is 2.08 bits per heavy atom. The van der Waals surface area contributed by atoms with E-state index in [0.717, 1.165) is 23.5 Å². The zero-order valence-corrected chi connectivity index (χ0v) is 23.4. The summed E-state index contributed by atoms with van der Waals surface area (Å²) in [6.45, 7) is 8.74. The van der Waals surface area contributed by atoms with Crippen molar-refractivity contribution in [3.63, 3.8) is 0 Å². The first-order valence-corrected chi connectivity index (χ1v) is 13.4. The highest BCUT2D eigenvalue weighted by Gasteiger charge is 2.33. The lowest BCUT2D eigenvalue weighted by atomic mass is 10.0. The van der Waals surface area contributed by atoms with Gasteiger partial charge in [-0.25, -0.2) is 24.7 Å². The van der Waals surface area contributed by atoms with Crippen LogP contribution in [0.3, 0.4) is 0 Å². The second kappa shape index (κ2) is 10.7. The first-order chi connectivity index (χ1) is 19.0. The Bertz CT molecular complexity index is 1580. The van der Waals surface area contributed by atoms with Crippen molar-refractivity contribution in [1.29, 1.82) is 0 Å². The Morgan fingerprint density at radius 1 is 1.27 bits per heavy atom. The first kappa shape index (κ1) is 27.3. The fraction of sp³-hybridized carbons (Fsp3) is 0.481. The number of aryl methyl sites for hydroxylation is 1. The third-order valence-electron chi connectivity index (χ3n) is 6.90. The molecule has 0 radical (unpaired) electrons. The number of rotatable bonds is 7. The molecule has 4 aromatic rings. The summed E-state index contributed by atoms with van der Waals surface area (Å²) in [6, 6.07) is 1.70. The number of nitrogens with zero attached hydrogens (tertiary/aromatic N) is 7. The highest BCUT2D eigenvalue weighted by atomic mass is 16.6. The van der Waals surface area contributed by atoms with Crippen LogP contribution in [0.15, 0.2) is 35.6 Å². The van der Waals surface area contributed by atoms with Gasteiger partial charge in [-0.1, -0.05) is 6.92 Å². The molecule has 1 aliphatic rings. The molecule has 1 amide bonds. The maximum atomic E-state index is 12.7. The molecule has 212 valence electrons. The third kappa shape index (κ3) is 5.55. The Balaban J connectivity index is 1.44. The normalized spacial score (nSPS) is 16.4. The Morgan fingerprint density at radius 3 is 2.77 bits per heavy atom. The number of aliphatic hydroxyl groups excluding tert-OH is 1. The summed E-state index contributed by atoms with van der Waals surface area (Å²) >= 11 is 0. The van der Waals surface area contributed by atoms with E-state index >= 15 is 0 Å². The number of carbonyl (C=O) groups excluding carboxylic acids is 1. The third-order valence-corrected chi connectivity index (χ3v) is 6.90. The summed E-state index contributed by atoms with van der Waals surface area (Å²) in [5.41, 5.74) is 1.31. The van der Waals surface area contributed by atoms with Gasteiger partial charge in [0, 0.05) is 51.0 Å². The van der Waals surface area contributed by atoms with Gasteiger partial charge in [0.2, 0.25) is 0 Å². The summed E-state index contributed by atoms with van der Waals surface area (Å²) in [7, 11) is 1.63. The van der Waals surface area contributed by atoms with Crippen molar-refractivity contribution in [3.8, 4) is 11.4 Å². The monoisotopic (exact) mass is 549 g/mol. The van der Waals surface area contributed by atoms with Crippen molar-refractivity contribution in [3.05, 3.63) is 52.7 Å². The van der Waals surface area contributed by atoms with E-state index in [9.17, 15) is 14.7 Å². The topological polar surface area (TPSA) is 156 Å². The average molecular weight is 550 g/mol. The number of nitrogens with one attached hydrogen (secondary N) is 2. The molecule has 4 aromatic heterocycles. The summed E-state index contributed by atoms with van der Waals surface area (Å²) < 4.78 is 8.92. The maximum Gasteiger partial charge on any atom is 0.410 e. The largest absolute Gasteiger partial charge is 0.444 e. The highest BCUT2D eigenvalue weighted by molar-refractivity contribution is 5.69. The van der Waals surface area contributed by atoms with Crippen molar-refractivity contribution in [2.24, 2.45) is 7.05 Å². The minimum absolute atomic E-state index is 0.0136. The van der Waals surface area contributed by atoms with Crippen molar-refractivity contribution in [2.75, 3.05) is 25.0 Å². The Labute approximate surface area is 231 Å². The number of ether oxygens (including phenoxy) is 1. The van der Waals surface area contributed by atoms with E-state index in [1.807, 2.05) is 38.3 Å². The fourth-order valence-electron chi connectivity index (χ4n) is 4.85. The van der Waals surface area contributed by atoms with Gasteiger partial charge in [-0.15, -0.1) is 0 Å². The molecule has 1 fully saturated rings. The van der Waals surface area contributed by atoms with Crippen molar-refractivity contribution in [2.45, 2.75) is 58.0 Å². The van der Waals surface area contributed by atoms with Gasteiger partial charge < -0.3 is 25.2 Å². The van der Waals surface area contributed by atoms with E-state index in [2.05, 4.69) is 25.4 Å². The number of anilines is 2. The van der Waals surface area contributed by atoms with Crippen LogP contribution < -0.4 is 10.9 Å². The van der Waals surface area contributed by atoms with Crippen LogP contribution in [-0.2, 0) is 11.8 Å². The van der Waals surface area contributed by atoms with Crippen LogP contribution in [0.5, 0.6) is 0 Å². The molecule has 0 aromatic carbocycles. The lowest BCUT2D eigenvalue weighted by molar-refractivity contribution is 0.0292. The number of carbonyl (C=O) groups is 1. The molecule has 0 spiro atoms. The second-order valence-corrected chi connectivity index (χ2v) is 11.2. The fourth-order valence-corrected chi connectivity index (χ4v) is 4.85. The molecule has 0 saturated carbocycles. The predicted octanol–water partition coefficient (Wildman–Crippen LogP) is 3.17. The first-order valence-electron chi connectivity index (χ1n) is 13.4. The average Bonchev–Trinajstić information content (AvgIpc) is 3.61. The van der Waals surface area contributed by atoms with Crippen molar-refractivity contribution < 1.29 is 14.6 Å². The predicted molar refractivity (Wildman–Crippen MR) is 149 cm³/mol. The molecule has 13 nitrogen and oxygen atoms in total. The molecule has 3 N–H and O–H groups in total. The van der Waals surface area contributed by atoms with E-state index < -0.39 is 5.60 Å². The van der Waals surface area contributed by atoms with Crippen LogP contribution in [0.4, 0.5) is 16.4 Å². The summed E-state index contributed by atoms with van der Waals surface area (Å²) in [5.74, 6) is 2.13. The number of aliphatic hydroxyl groups is 1. The molecule has 0 bridgehead atoms. The van der Waals surface area contributed by atoms with Gasteiger partial charge in [0.05, 0.1) is 23.6 Å². The number of hydrogen-bond acceptors (Lipinski definition) is 9. The molecule has 40 heavy (non-hydrogen) atoms. The number of likely N-dealkylation sites (tertiary alicyclic amines) is 1. The van der Waals surface area contributed by atoms with Gasteiger partial charge in [-0.05, 0) is 39.7 Å². The quantitative estimate of drug-likeness (QED) is 0.315.